The third-order valence-electron chi connectivity index (χ3n) is 3.63. The van der Waals surface area contributed by atoms with Crippen LogP contribution in [-0.2, 0) is 16.0 Å². The van der Waals surface area contributed by atoms with Crippen LogP contribution >= 0.6 is 0 Å². The van der Waals surface area contributed by atoms with E-state index in [9.17, 15) is 9.59 Å². The molecule has 0 aliphatic heterocycles. The van der Waals surface area contributed by atoms with Crippen molar-refractivity contribution in [3.8, 4) is 0 Å². The molecule has 0 aliphatic rings. The Morgan fingerprint density at radius 3 is 2.04 bits per heavy atom. The first-order valence-electron chi connectivity index (χ1n) is 8.34. The van der Waals surface area contributed by atoms with Crippen molar-refractivity contribution in [1.29, 1.82) is 0 Å². The van der Waals surface area contributed by atoms with Gasteiger partial charge in [-0.05, 0) is 32.8 Å². The van der Waals surface area contributed by atoms with Crippen LogP contribution in [0.15, 0.2) is 30.3 Å². The molecule has 3 heteroatoms. The van der Waals surface area contributed by atoms with Crippen LogP contribution in [0, 0.1) is 5.41 Å². The van der Waals surface area contributed by atoms with E-state index >= 15 is 0 Å². The Bertz CT molecular complexity index is 521. The molecule has 3 nitrogen and oxygen atoms in total. The molecule has 0 saturated carbocycles. The summed E-state index contributed by atoms with van der Waals surface area (Å²) in [6.07, 6.45) is 1.20. The molecule has 0 bridgehead atoms. The molecule has 128 valence electrons. The predicted octanol–water partition coefficient (Wildman–Crippen LogP) is 3.95. The average Bonchev–Trinajstić information content (AvgIpc) is 2.36. The highest BCUT2D eigenvalue weighted by Crippen LogP contribution is 2.18. The summed E-state index contributed by atoms with van der Waals surface area (Å²) in [5, 5.41) is 3.52. The molecule has 0 spiro atoms. The van der Waals surface area contributed by atoms with E-state index in [2.05, 4.69) is 38.2 Å². The highest BCUT2D eigenvalue weighted by molar-refractivity contribution is 6.01. The summed E-state index contributed by atoms with van der Waals surface area (Å²) >= 11 is 0. The van der Waals surface area contributed by atoms with Gasteiger partial charge in [0.1, 0.15) is 11.6 Å². The summed E-state index contributed by atoms with van der Waals surface area (Å²) in [6.45, 7) is 11.9. The van der Waals surface area contributed by atoms with Crippen molar-refractivity contribution >= 4 is 11.6 Å². The Labute approximate surface area is 140 Å². The zero-order valence-corrected chi connectivity index (χ0v) is 15.4. The lowest BCUT2D eigenvalue weighted by molar-refractivity contribution is -0.131. The summed E-state index contributed by atoms with van der Waals surface area (Å²) in [7, 11) is 0. The van der Waals surface area contributed by atoms with Crippen molar-refractivity contribution in [2.75, 3.05) is 0 Å². The van der Waals surface area contributed by atoms with E-state index in [1.807, 2.05) is 39.0 Å². The number of hydrogen-bond donors (Lipinski definition) is 1. The topological polar surface area (TPSA) is 46.2 Å². The lowest BCUT2D eigenvalue weighted by Gasteiger charge is -2.28. The van der Waals surface area contributed by atoms with Crippen LogP contribution in [0.3, 0.4) is 0 Å². The van der Waals surface area contributed by atoms with Gasteiger partial charge in [0.2, 0.25) is 0 Å². The molecule has 23 heavy (non-hydrogen) atoms. The van der Waals surface area contributed by atoms with E-state index in [-0.39, 0.29) is 29.6 Å². The van der Waals surface area contributed by atoms with Crippen molar-refractivity contribution in [2.24, 2.45) is 5.41 Å². The first-order valence-corrected chi connectivity index (χ1v) is 8.34. The van der Waals surface area contributed by atoms with Gasteiger partial charge in [-0.25, -0.2) is 0 Å². The van der Waals surface area contributed by atoms with Gasteiger partial charge in [-0.2, -0.15) is 0 Å². The summed E-state index contributed by atoms with van der Waals surface area (Å²) < 4.78 is 0. The molecule has 1 aromatic rings. The van der Waals surface area contributed by atoms with Gasteiger partial charge in [-0.15, -0.1) is 0 Å². The highest BCUT2D eigenvalue weighted by atomic mass is 16.1. The third-order valence-corrected chi connectivity index (χ3v) is 3.63. The second-order valence-electron chi connectivity index (χ2n) is 8.37. The van der Waals surface area contributed by atoms with Crippen LogP contribution < -0.4 is 5.32 Å². The minimum Gasteiger partial charge on any atom is -0.309 e. The Morgan fingerprint density at radius 1 is 1.00 bits per heavy atom. The molecule has 0 aliphatic carbocycles. The average molecular weight is 317 g/mol. The Hall–Kier alpha value is -1.48. The van der Waals surface area contributed by atoms with E-state index < -0.39 is 5.41 Å². The van der Waals surface area contributed by atoms with Crippen LogP contribution in [0.2, 0.25) is 0 Å². The van der Waals surface area contributed by atoms with E-state index in [1.165, 1.54) is 5.56 Å². The first-order chi connectivity index (χ1) is 10.5. The Kier molecular flexibility index (Phi) is 6.69. The second kappa shape index (κ2) is 7.87. The number of carbonyl (C=O) groups excluding carboxylic acids is 2. The SMILES string of the molecule is CC(C)(C)N[C@H](CC(=O)CC(=O)C(C)(C)C)Cc1ccccc1. The molecule has 0 fully saturated rings. The fraction of sp³-hybridized carbons (Fsp3) is 0.600. The zero-order chi connectivity index (χ0) is 17.7. The standard InChI is InChI=1S/C20H31NO2/c1-19(2,3)18(23)14-17(22)13-16(21-20(4,5)6)12-15-10-8-7-9-11-15/h7-11,16,21H,12-14H2,1-6H3/t16-/m0/s1. The fourth-order valence-electron chi connectivity index (χ4n) is 2.48. The Balaban J connectivity index is 2.73. The number of carbonyl (C=O) groups is 2. The molecule has 0 heterocycles. The minimum atomic E-state index is -0.456. The number of ketones is 2. The normalized spacial score (nSPS) is 13.7. The number of benzene rings is 1. The van der Waals surface area contributed by atoms with E-state index in [4.69, 9.17) is 0 Å². The van der Waals surface area contributed by atoms with Gasteiger partial charge in [-0.1, -0.05) is 51.1 Å². The van der Waals surface area contributed by atoms with Crippen molar-refractivity contribution < 1.29 is 9.59 Å². The molecule has 1 aromatic carbocycles. The van der Waals surface area contributed by atoms with Crippen LogP contribution in [0.4, 0.5) is 0 Å². The number of Topliss-reactive ketones (excluding diaryl/α,β-unsaturated/α-hetero) is 2. The first kappa shape index (κ1) is 19.6. The van der Waals surface area contributed by atoms with E-state index in [1.54, 1.807) is 0 Å². The van der Waals surface area contributed by atoms with Crippen molar-refractivity contribution in [1.82, 2.24) is 5.32 Å². The Morgan fingerprint density at radius 2 is 1.57 bits per heavy atom. The van der Waals surface area contributed by atoms with Gasteiger partial charge in [-0.3, -0.25) is 9.59 Å². The highest BCUT2D eigenvalue weighted by Gasteiger charge is 2.26. The summed E-state index contributed by atoms with van der Waals surface area (Å²) in [6, 6.07) is 10.2. The smallest absolute Gasteiger partial charge is 0.145 e. The molecule has 1 rings (SSSR count). The minimum absolute atomic E-state index is 0.0109. The van der Waals surface area contributed by atoms with Crippen LogP contribution in [-0.4, -0.2) is 23.1 Å². The van der Waals surface area contributed by atoms with Gasteiger partial charge in [0.05, 0.1) is 6.42 Å². The quantitative estimate of drug-likeness (QED) is 0.775. The summed E-state index contributed by atoms with van der Waals surface area (Å²) in [5.41, 5.74) is 0.666. The molecule has 0 unspecified atom stereocenters. The van der Waals surface area contributed by atoms with E-state index in [0.29, 0.717) is 6.42 Å². The number of rotatable bonds is 7. The van der Waals surface area contributed by atoms with Gasteiger partial charge in [0, 0.05) is 23.4 Å². The van der Waals surface area contributed by atoms with Crippen molar-refractivity contribution in [3.63, 3.8) is 0 Å². The maximum absolute atomic E-state index is 12.3. The zero-order valence-electron chi connectivity index (χ0n) is 15.4. The lowest BCUT2D eigenvalue weighted by Crippen LogP contribution is -2.46. The number of nitrogens with one attached hydrogen (secondary N) is 1. The molecular weight excluding hydrogens is 286 g/mol. The van der Waals surface area contributed by atoms with Crippen LogP contribution in [0.1, 0.15) is 59.9 Å². The maximum atomic E-state index is 12.3. The van der Waals surface area contributed by atoms with E-state index in [0.717, 1.165) is 6.42 Å². The van der Waals surface area contributed by atoms with Crippen molar-refractivity contribution in [3.05, 3.63) is 35.9 Å². The molecule has 1 N–H and O–H groups in total. The molecule has 0 saturated heterocycles. The van der Waals surface area contributed by atoms with Gasteiger partial charge >= 0.3 is 0 Å². The second-order valence-corrected chi connectivity index (χ2v) is 8.37. The monoisotopic (exact) mass is 317 g/mol. The number of hydrogen-bond acceptors (Lipinski definition) is 3. The third kappa shape index (κ3) is 8.08. The maximum Gasteiger partial charge on any atom is 0.145 e. The molecule has 0 amide bonds. The lowest BCUT2D eigenvalue weighted by atomic mass is 9.86. The van der Waals surface area contributed by atoms with Crippen LogP contribution in [0.5, 0.6) is 0 Å². The fourth-order valence-corrected chi connectivity index (χ4v) is 2.48. The summed E-state index contributed by atoms with van der Waals surface area (Å²) in [4.78, 5) is 24.4. The van der Waals surface area contributed by atoms with Gasteiger partial charge in [0.15, 0.2) is 0 Å². The van der Waals surface area contributed by atoms with Crippen LogP contribution in [0.25, 0.3) is 0 Å². The molecule has 1 atom stereocenters. The largest absolute Gasteiger partial charge is 0.309 e. The predicted molar refractivity (Wildman–Crippen MR) is 95.5 cm³/mol. The molecule has 0 aromatic heterocycles. The molecule has 0 radical (unpaired) electrons. The van der Waals surface area contributed by atoms with Crippen molar-refractivity contribution in [2.45, 2.75) is 72.4 Å². The molecular formula is C20H31NO2. The van der Waals surface area contributed by atoms with Gasteiger partial charge < -0.3 is 5.32 Å². The summed E-state index contributed by atoms with van der Waals surface area (Å²) in [5.74, 6) is 0.0272. The van der Waals surface area contributed by atoms with Gasteiger partial charge in [0.25, 0.3) is 0 Å².